The van der Waals surface area contributed by atoms with Gasteiger partial charge in [-0.1, -0.05) is 32.4 Å². The molecule has 142 valence electrons. The Morgan fingerprint density at radius 1 is 1.30 bits per heavy atom. The van der Waals surface area contributed by atoms with E-state index < -0.39 is 5.41 Å². The van der Waals surface area contributed by atoms with E-state index in [9.17, 15) is 9.59 Å². The Hall–Kier alpha value is -1.70. The highest BCUT2D eigenvalue weighted by molar-refractivity contribution is 9.10. The summed E-state index contributed by atoms with van der Waals surface area (Å²) in [4.78, 5) is 28.9. The molecule has 0 aromatic carbocycles. The summed E-state index contributed by atoms with van der Waals surface area (Å²) in [6.45, 7) is 5.56. The summed E-state index contributed by atoms with van der Waals surface area (Å²) in [5, 5.41) is 4.47. The van der Waals surface area contributed by atoms with E-state index in [1.165, 1.54) is 16.0 Å². The summed E-state index contributed by atoms with van der Waals surface area (Å²) >= 11 is 10.9. The fourth-order valence-electron chi connectivity index (χ4n) is 2.61. The molecule has 0 amide bonds. The second kappa shape index (κ2) is 7.73. The van der Waals surface area contributed by atoms with E-state index in [4.69, 9.17) is 11.6 Å². The van der Waals surface area contributed by atoms with Crippen molar-refractivity contribution in [2.75, 3.05) is 0 Å². The summed E-state index contributed by atoms with van der Waals surface area (Å²) in [7, 11) is 0. The van der Waals surface area contributed by atoms with E-state index in [0.717, 1.165) is 25.8 Å². The number of aromatic amines is 1. The monoisotopic (exact) mass is 467 g/mol. The van der Waals surface area contributed by atoms with E-state index >= 15 is 0 Å². The number of hydrogen-bond donors (Lipinski definition) is 1. The number of nitrogens with one attached hydrogen (secondary N) is 1. The summed E-state index contributed by atoms with van der Waals surface area (Å²) in [6.07, 6.45) is 2.94. The second-order valence-corrected chi connectivity index (χ2v) is 9.97. The molecule has 27 heavy (non-hydrogen) atoms. The Bertz CT molecular complexity index is 1050. The molecule has 0 atom stereocenters. The lowest BCUT2D eigenvalue weighted by Crippen LogP contribution is -2.29. The van der Waals surface area contributed by atoms with Gasteiger partial charge in [-0.2, -0.15) is 5.10 Å². The Kier molecular flexibility index (Phi) is 5.74. The van der Waals surface area contributed by atoms with E-state index in [1.54, 1.807) is 12.3 Å². The number of thiophene rings is 1. The maximum Gasteiger partial charge on any atom is 0.257 e. The standard InChI is InChI=1S/C19H19BrClN3O2S/c1-19(2,3)18(26)24-12(4-5-13-6-7-16(21)27-13)9-15(23-24)14-8-11(20)10-22-17(14)25/h6-10H,4-5H2,1-3H3,(H,22,25). The average molecular weight is 469 g/mol. The number of pyridine rings is 1. The number of carbonyl (C=O) groups excluding carboxylic acids is 1. The average Bonchev–Trinajstić information content (AvgIpc) is 3.19. The van der Waals surface area contributed by atoms with E-state index in [1.807, 2.05) is 39.0 Å². The van der Waals surface area contributed by atoms with Crippen LogP contribution in [-0.2, 0) is 12.8 Å². The lowest BCUT2D eigenvalue weighted by molar-refractivity contribution is 0.0745. The number of nitrogens with zero attached hydrogens (tertiary/aromatic N) is 2. The Balaban J connectivity index is 2.01. The van der Waals surface area contributed by atoms with E-state index in [2.05, 4.69) is 26.0 Å². The highest BCUT2D eigenvalue weighted by atomic mass is 79.9. The molecule has 0 saturated heterocycles. The molecular weight excluding hydrogens is 450 g/mol. The molecule has 0 aliphatic rings. The third-order valence-corrected chi connectivity index (χ3v) is 5.77. The number of H-pyrrole nitrogens is 1. The Morgan fingerprint density at radius 3 is 2.67 bits per heavy atom. The molecule has 3 aromatic heterocycles. The van der Waals surface area contributed by atoms with Gasteiger partial charge >= 0.3 is 0 Å². The third kappa shape index (κ3) is 4.59. The van der Waals surface area contributed by atoms with Crippen LogP contribution in [0, 0.1) is 5.41 Å². The Morgan fingerprint density at radius 2 is 2.04 bits per heavy atom. The van der Waals surface area contributed by atoms with Crippen LogP contribution in [0.5, 0.6) is 0 Å². The van der Waals surface area contributed by atoms with Crippen molar-refractivity contribution >= 4 is 44.8 Å². The molecule has 3 rings (SSSR count). The van der Waals surface area contributed by atoms with Crippen LogP contribution in [-0.4, -0.2) is 20.7 Å². The molecule has 0 fully saturated rings. The van der Waals surface area contributed by atoms with Crippen molar-refractivity contribution in [3.8, 4) is 11.3 Å². The minimum Gasteiger partial charge on any atom is -0.327 e. The first-order valence-corrected chi connectivity index (χ1v) is 10.4. The van der Waals surface area contributed by atoms with Crippen LogP contribution in [0.1, 0.15) is 36.1 Å². The van der Waals surface area contributed by atoms with Crippen LogP contribution >= 0.6 is 38.9 Å². The van der Waals surface area contributed by atoms with E-state index in [-0.39, 0.29) is 11.5 Å². The first kappa shape index (κ1) is 20.0. The van der Waals surface area contributed by atoms with Gasteiger partial charge in [0.15, 0.2) is 0 Å². The van der Waals surface area contributed by atoms with Gasteiger partial charge in [0.25, 0.3) is 11.5 Å². The van der Waals surface area contributed by atoms with Crippen LogP contribution in [0.25, 0.3) is 11.3 Å². The minimum absolute atomic E-state index is 0.112. The Labute approximate surface area is 174 Å². The molecule has 0 saturated carbocycles. The molecule has 0 aliphatic heterocycles. The second-order valence-electron chi connectivity index (χ2n) is 7.25. The smallest absolute Gasteiger partial charge is 0.257 e. The van der Waals surface area contributed by atoms with Gasteiger partial charge in [-0.25, -0.2) is 4.68 Å². The van der Waals surface area contributed by atoms with Crippen molar-refractivity contribution in [1.29, 1.82) is 0 Å². The zero-order valence-corrected chi connectivity index (χ0v) is 18.3. The summed E-state index contributed by atoms with van der Waals surface area (Å²) < 4.78 is 2.92. The van der Waals surface area contributed by atoms with Crippen molar-refractivity contribution in [1.82, 2.24) is 14.8 Å². The summed E-state index contributed by atoms with van der Waals surface area (Å²) in [6, 6.07) is 7.37. The number of halogens is 2. The zero-order valence-electron chi connectivity index (χ0n) is 15.2. The normalized spacial score (nSPS) is 11.7. The van der Waals surface area contributed by atoms with Gasteiger partial charge < -0.3 is 4.98 Å². The molecule has 3 aromatic rings. The number of hydrogen-bond acceptors (Lipinski definition) is 4. The summed E-state index contributed by atoms with van der Waals surface area (Å²) in [5.74, 6) is -0.112. The molecular formula is C19H19BrClN3O2S. The fraction of sp³-hybridized carbons (Fsp3) is 0.316. The third-order valence-electron chi connectivity index (χ3n) is 4.02. The van der Waals surface area contributed by atoms with Gasteiger partial charge in [0.1, 0.15) is 0 Å². The van der Waals surface area contributed by atoms with Gasteiger partial charge in [-0.15, -0.1) is 11.3 Å². The quantitative estimate of drug-likeness (QED) is 0.573. The number of rotatable bonds is 4. The predicted octanol–water partition coefficient (Wildman–Crippen LogP) is 5.19. The molecule has 8 heteroatoms. The number of aromatic nitrogens is 3. The number of carbonyl (C=O) groups is 1. The molecule has 1 N–H and O–H groups in total. The largest absolute Gasteiger partial charge is 0.327 e. The molecule has 0 radical (unpaired) electrons. The first-order valence-electron chi connectivity index (χ1n) is 8.42. The van der Waals surface area contributed by atoms with Gasteiger partial charge in [0, 0.05) is 26.7 Å². The SMILES string of the molecule is CC(C)(C)C(=O)n1nc(-c2cc(Br)c[nH]c2=O)cc1CCc1ccc(Cl)s1. The van der Waals surface area contributed by atoms with E-state index in [0.29, 0.717) is 17.7 Å². The minimum atomic E-state index is -0.589. The van der Waals surface area contributed by atoms with Crippen LogP contribution in [0.15, 0.2) is 39.7 Å². The van der Waals surface area contributed by atoms with Crippen molar-refractivity contribution in [2.45, 2.75) is 33.6 Å². The molecule has 0 spiro atoms. The van der Waals surface area contributed by atoms with Gasteiger partial charge in [0.2, 0.25) is 0 Å². The van der Waals surface area contributed by atoms with Crippen molar-refractivity contribution < 1.29 is 4.79 Å². The molecule has 3 heterocycles. The van der Waals surface area contributed by atoms with Crippen LogP contribution < -0.4 is 5.56 Å². The van der Waals surface area contributed by atoms with Crippen molar-refractivity contribution in [3.05, 3.63) is 60.2 Å². The molecule has 0 aliphatic carbocycles. The number of aryl methyl sites for hydroxylation is 2. The predicted molar refractivity (Wildman–Crippen MR) is 113 cm³/mol. The van der Waals surface area contributed by atoms with Gasteiger partial charge in [-0.05, 0) is 53.0 Å². The molecule has 0 bridgehead atoms. The highest BCUT2D eigenvalue weighted by Gasteiger charge is 2.27. The lowest BCUT2D eigenvalue weighted by atomic mass is 9.95. The maximum atomic E-state index is 12.9. The van der Waals surface area contributed by atoms with Crippen LogP contribution in [0.3, 0.4) is 0 Å². The van der Waals surface area contributed by atoms with Gasteiger partial charge in [0.05, 0.1) is 15.6 Å². The van der Waals surface area contributed by atoms with Crippen molar-refractivity contribution in [2.24, 2.45) is 5.41 Å². The lowest BCUT2D eigenvalue weighted by Gasteiger charge is -2.17. The summed E-state index contributed by atoms with van der Waals surface area (Å²) in [5.41, 5.74) is 0.838. The van der Waals surface area contributed by atoms with Crippen LogP contribution in [0.4, 0.5) is 0 Å². The van der Waals surface area contributed by atoms with Crippen molar-refractivity contribution in [3.63, 3.8) is 0 Å². The van der Waals surface area contributed by atoms with Crippen LogP contribution in [0.2, 0.25) is 4.34 Å². The maximum absolute atomic E-state index is 12.9. The topological polar surface area (TPSA) is 67.8 Å². The zero-order chi connectivity index (χ0) is 19.8. The molecule has 0 unspecified atom stereocenters. The highest BCUT2D eigenvalue weighted by Crippen LogP contribution is 2.26. The van der Waals surface area contributed by atoms with Gasteiger partial charge in [-0.3, -0.25) is 9.59 Å². The fourth-order valence-corrected chi connectivity index (χ4v) is 4.04. The molecule has 5 nitrogen and oxygen atoms in total. The first-order chi connectivity index (χ1) is 12.6.